The molecule has 20 heavy (non-hydrogen) atoms. The smallest absolute Gasteiger partial charge is 0.239 e. The Morgan fingerprint density at radius 1 is 1.30 bits per heavy atom. The van der Waals surface area contributed by atoms with Crippen molar-refractivity contribution >= 4 is 11.8 Å². The monoisotopic (exact) mass is 281 g/mol. The van der Waals surface area contributed by atoms with Crippen molar-refractivity contribution in [3.05, 3.63) is 35.6 Å². The first-order chi connectivity index (χ1) is 9.32. The molecule has 110 valence electrons. The second kappa shape index (κ2) is 7.00. The van der Waals surface area contributed by atoms with Crippen LogP contribution in [0.4, 0.5) is 4.39 Å². The minimum Gasteiger partial charge on any atom is -0.348 e. The topological polar surface area (TPSA) is 84.2 Å². The van der Waals surface area contributed by atoms with E-state index in [-0.39, 0.29) is 24.8 Å². The van der Waals surface area contributed by atoms with Crippen LogP contribution in [-0.2, 0) is 16.0 Å². The number of amides is 2. The Balaban J connectivity index is 2.38. The number of benzene rings is 1. The zero-order valence-electron chi connectivity index (χ0n) is 11.7. The number of halogens is 1. The van der Waals surface area contributed by atoms with E-state index in [4.69, 9.17) is 5.73 Å². The summed E-state index contributed by atoms with van der Waals surface area (Å²) in [5, 5.41) is 5.18. The zero-order valence-corrected chi connectivity index (χ0v) is 11.7. The van der Waals surface area contributed by atoms with Gasteiger partial charge in [-0.25, -0.2) is 4.39 Å². The van der Waals surface area contributed by atoms with Crippen molar-refractivity contribution in [2.75, 3.05) is 13.1 Å². The molecule has 0 spiro atoms. The van der Waals surface area contributed by atoms with E-state index in [1.165, 1.54) is 18.2 Å². The normalized spacial score (nSPS) is 11.0. The maximum atomic E-state index is 12.9. The highest BCUT2D eigenvalue weighted by atomic mass is 19.1. The van der Waals surface area contributed by atoms with E-state index in [9.17, 15) is 14.0 Å². The molecular formula is C14H20FN3O2. The fourth-order valence-electron chi connectivity index (χ4n) is 1.55. The molecule has 0 aliphatic carbocycles. The van der Waals surface area contributed by atoms with Crippen molar-refractivity contribution in [2.24, 2.45) is 5.73 Å². The summed E-state index contributed by atoms with van der Waals surface area (Å²) in [6.07, 6.45) is 0.0331. The Morgan fingerprint density at radius 3 is 2.60 bits per heavy atom. The number of carbonyl (C=O) groups is 2. The largest absolute Gasteiger partial charge is 0.348 e. The van der Waals surface area contributed by atoms with Crippen molar-refractivity contribution in [1.29, 1.82) is 0 Å². The molecule has 1 aromatic rings. The summed E-state index contributed by atoms with van der Waals surface area (Å²) in [4.78, 5) is 23.2. The molecule has 4 N–H and O–H groups in total. The van der Waals surface area contributed by atoms with Gasteiger partial charge in [0.2, 0.25) is 11.8 Å². The van der Waals surface area contributed by atoms with E-state index in [2.05, 4.69) is 10.6 Å². The molecule has 0 saturated heterocycles. The lowest BCUT2D eigenvalue weighted by molar-refractivity contribution is -0.126. The summed E-state index contributed by atoms with van der Waals surface area (Å²) in [5.74, 6) is -1.04. The maximum absolute atomic E-state index is 12.9. The number of nitrogens with one attached hydrogen (secondary N) is 2. The highest BCUT2D eigenvalue weighted by molar-refractivity contribution is 5.86. The molecule has 0 fully saturated rings. The van der Waals surface area contributed by atoms with Crippen molar-refractivity contribution in [2.45, 2.75) is 25.8 Å². The molecule has 0 bridgehead atoms. The third kappa shape index (κ3) is 5.79. The van der Waals surface area contributed by atoms with Crippen LogP contribution in [0.15, 0.2) is 24.3 Å². The maximum Gasteiger partial charge on any atom is 0.239 e. The van der Waals surface area contributed by atoms with Crippen LogP contribution >= 0.6 is 0 Å². The van der Waals surface area contributed by atoms with Gasteiger partial charge in [-0.05, 0) is 31.5 Å². The third-order valence-corrected chi connectivity index (χ3v) is 2.69. The Bertz CT molecular complexity index is 489. The Morgan fingerprint density at radius 2 is 2.00 bits per heavy atom. The standard InChI is InChI=1S/C14H20FN3O2/c1-14(2,9-16)18-13(20)8-17-12(19)7-10-4-3-5-11(15)6-10/h3-6H,7-9,16H2,1-2H3,(H,17,19)(H,18,20). The molecule has 6 heteroatoms. The van der Waals surface area contributed by atoms with Gasteiger partial charge in [-0.3, -0.25) is 9.59 Å². The first-order valence-electron chi connectivity index (χ1n) is 6.34. The molecule has 0 aliphatic rings. The summed E-state index contributed by atoms with van der Waals surface area (Å²) < 4.78 is 12.9. The number of hydrogen-bond donors (Lipinski definition) is 3. The number of hydrogen-bond acceptors (Lipinski definition) is 3. The second-order valence-corrected chi connectivity index (χ2v) is 5.22. The van der Waals surface area contributed by atoms with Crippen molar-refractivity contribution in [1.82, 2.24) is 10.6 Å². The molecule has 5 nitrogen and oxygen atoms in total. The van der Waals surface area contributed by atoms with Gasteiger partial charge in [0.25, 0.3) is 0 Å². The van der Waals surface area contributed by atoms with Crippen LogP contribution in [0, 0.1) is 5.82 Å². The van der Waals surface area contributed by atoms with Gasteiger partial charge >= 0.3 is 0 Å². The molecule has 1 aromatic carbocycles. The zero-order chi connectivity index (χ0) is 15.2. The van der Waals surface area contributed by atoms with Gasteiger partial charge < -0.3 is 16.4 Å². The quantitative estimate of drug-likeness (QED) is 0.703. The first-order valence-corrected chi connectivity index (χ1v) is 6.34. The van der Waals surface area contributed by atoms with Crippen molar-refractivity contribution in [3.8, 4) is 0 Å². The summed E-state index contributed by atoms with van der Waals surface area (Å²) in [6.45, 7) is 3.76. The highest BCUT2D eigenvalue weighted by Gasteiger charge is 2.18. The molecule has 1 rings (SSSR count). The third-order valence-electron chi connectivity index (χ3n) is 2.69. The summed E-state index contributed by atoms with van der Waals surface area (Å²) in [6, 6.07) is 5.79. The van der Waals surface area contributed by atoms with Crippen LogP contribution in [0.2, 0.25) is 0 Å². The second-order valence-electron chi connectivity index (χ2n) is 5.22. The average Bonchev–Trinajstić information content (AvgIpc) is 2.36. The van der Waals surface area contributed by atoms with Crippen LogP contribution in [0.3, 0.4) is 0 Å². The molecule has 0 heterocycles. The van der Waals surface area contributed by atoms with E-state index in [0.29, 0.717) is 12.1 Å². The molecule has 2 amide bonds. The Hall–Kier alpha value is -1.95. The van der Waals surface area contributed by atoms with Crippen LogP contribution < -0.4 is 16.4 Å². The minimum atomic E-state index is -0.510. The van der Waals surface area contributed by atoms with Crippen LogP contribution in [0.1, 0.15) is 19.4 Å². The van der Waals surface area contributed by atoms with Crippen LogP contribution in [0.5, 0.6) is 0 Å². The van der Waals surface area contributed by atoms with Crippen molar-refractivity contribution < 1.29 is 14.0 Å². The summed E-state index contributed by atoms with van der Waals surface area (Å²) in [7, 11) is 0. The van der Waals surface area contributed by atoms with E-state index >= 15 is 0 Å². The van der Waals surface area contributed by atoms with Gasteiger partial charge in [0.1, 0.15) is 5.82 Å². The van der Waals surface area contributed by atoms with E-state index in [1.807, 2.05) is 0 Å². The fraction of sp³-hybridized carbons (Fsp3) is 0.429. The van der Waals surface area contributed by atoms with E-state index in [0.717, 1.165) is 0 Å². The lowest BCUT2D eigenvalue weighted by Gasteiger charge is -2.24. The SMILES string of the molecule is CC(C)(CN)NC(=O)CNC(=O)Cc1cccc(F)c1. The van der Waals surface area contributed by atoms with Gasteiger partial charge in [-0.15, -0.1) is 0 Å². The van der Waals surface area contributed by atoms with Gasteiger partial charge in [0.05, 0.1) is 13.0 Å². The van der Waals surface area contributed by atoms with Crippen LogP contribution in [0.25, 0.3) is 0 Å². The number of nitrogens with two attached hydrogens (primary N) is 1. The average molecular weight is 281 g/mol. The Labute approximate surface area is 117 Å². The van der Waals surface area contributed by atoms with Gasteiger partial charge in [-0.2, -0.15) is 0 Å². The van der Waals surface area contributed by atoms with Gasteiger partial charge in [0, 0.05) is 12.1 Å². The van der Waals surface area contributed by atoms with Gasteiger partial charge in [-0.1, -0.05) is 12.1 Å². The van der Waals surface area contributed by atoms with Crippen molar-refractivity contribution in [3.63, 3.8) is 0 Å². The molecular weight excluding hydrogens is 261 g/mol. The van der Waals surface area contributed by atoms with E-state index in [1.54, 1.807) is 19.9 Å². The summed E-state index contributed by atoms with van der Waals surface area (Å²) >= 11 is 0. The first kappa shape index (κ1) is 16.1. The van der Waals surface area contributed by atoms with Crippen LogP contribution in [-0.4, -0.2) is 30.4 Å². The molecule has 0 aromatic heterocycles. The molecule has 0 atom stereocenters. The predicted molar refractivity (Wildman–Crippen MR) is 74.4 cm³/mol. The molecule has 0 radical (unpaired) electrons. The minimum absolute atomic E-state index is 0.0331. The number of carbonyl (C=O) groups excluding carboxylic acids is 2. The predicted octanol–water partition coefficient (Wildman–Crippen LogP) is 0.338. The van der Waals surface area contributed by atoms with Gasteiger partial charge in [0.15, 0.2) is 0 Å². The molecule has 0 aliphatic heterocycles. The lowest BCUT2D eigenvalue weighted by Crippen LogP contribution is -2.51. The molecule has 0 saturated carbocycles. The Kier molecular flexibility index (Phi) is 5.64. The summed E-state index contributed by atoms with van der Waals surface area (Å²) in [5.41, 5.74) is 5.54. The highest BCUT2D eigenvalue weighted by Crippen LogP contribution is 2.04. The van der Waals surface area contributed by atoms with E-state index < -0.39 is 11.4 Å². The fourth-order valence-corrected chi connectivity index (χ4v) is 1.55. The number of rotatable bonds is 6. The molecule has 0 unspecified atom stereocenters. The lowest BCUT2D eigenvalue weighted by atomic mass is 10.1.